The van der Waals surface area contributed by atoms with Gasteiger partial charge >= 0.3 is 0 Å². The molecule has 0 fully saturated rings. The number of carbonyl (C=O) groups excluding carboxylic acids is 1. The average molecular weight is 340 g/mol. The van der Waals surface area contributed by atoms with Crippen LogP contribution >= 0.6 is 11.8 Å². The molecule has 0 aliphatic rings. The topological polar surface area (TPSA) is 69.0 Å². The Bertz CT molecular complexity index is 778. The number of nitrogens with zero attached hydrogens (tertiary/aromatic N) is 3. The zero-order valence-electron chi connectivity index (χ0n) is 12.8. The number of hydrogen-bond acceptors (Lipinski definition) is 5. The number of hydrogen-bond donors (Lipinski definition) is 1. The molecule has 7 heteroatoms. The van der Waals surface area contributed by atoms with Crippen LogP contribution in [0.4, 0.5) is 0 Å². The van der Waals surface area contributed by atoms with Crippen LogP contribution in [0.25, 0.3) is 5.69 Å². The predicted octanol–water partition coefficient (Wildman–Crippen LogP) is 2.61. The standard InChI is InChI=1S/C17H16N4O2S/c22-16(20-23-11-14-7-3-1-4-8-14)12-24-17-18-13-21(19-17)15-9-5-2-6-10-15/h1-10,13H,11-12H2,(H,20,22). The van der Waals surface area contributed by atoms with E-state index >= 15 is 0 Å². The minimum Gasteiger partial charge on any atom is -0.272 e. The Morgan fingerprint density at radius 1 is 1.08 bits per heavy atom. The van der Waals surface area contributed by atoms with Crippen LogP contribution in [0.5, 0.6) is 0 Å². The van der Waals surface area contributed by atoms with E-state index in [1.165, 1.54) is 11.8 Å². The van der Waals surface area contributed by atoms with Crippen molar-refractivity contribution >= 4 is 17.7 Å². The van der Waals surface area contributed by atoms with Gasteiger partial charge in [-0.15, -0.1) is 5.10 Å². The molecule has 1 N–H and O–H groups in total. The van der Waals surface area contributed by atoms with Gasteiger partial charge in [0, 0.05) is 0 Å². The summed E-state index contributed by atoms with van der Waals surface area (Å²) in [7, 11) is 0. The Labute approximate surface area is 143 Å². The average Bonchev–Trinajstić information content (AvgIpc) is 3.11. The van der Waals surface area contributed by atoms with E-state index < -0.39 is 0 Å². The normalized spacial score (nSPS) is 10.5. The first-order chi connectivity index (χ1) is 11.8. The van der Waals surface area contributed by atoms with E-state index in [0.29, 0.717) is 11.8 Å². The molecule has 0 atom stereocenters. The van der Waals surface area contributed by atoms with Crippen molar-refractivity contribution < 1.29 is 9.63 Å². The van der Waals surface area contributed by atoms with Crippen molar-refractivity contribution in [2.24, 2.45) is 0 Å². The molecule has 122 valence electrons. The van der Waals surface area contributed by atoms with Crippen molar-refractivity contribution in [3.63, 3.8) is 0 Å². The molecule has 0 aliphatic carbocycles. The summed E-state index contributed by atoms with van der Waals surface area (Å²) in [5, 5.41) is 4.87. The lowest BCUT2D eigenvalue weighted by molar-refractivity contribution is -0.131. The molecular weight excluding hydrogens is 324 g/mol. The second kappa shape index (κ2) is 8.28. The van der Waals surface area contributed by atoms with Crippen LogP contribution in [0.1, 0.15) is 5.56 Å². The van der Waals surface area contributed by atoms with E-state index in [9.17, 15) is 4.79 Å². The summed E-state index contributed by atoms with van der Waals surface area (Å²) in [6, 6.07) is 19.3. The molecule has 6 nitrogen and oxygen atoms in total. The van der Waals surface area contributed by atoms with Crippen LogP contribution in [-0.4, -0.2) is 26.4 Å². The van der Waals surface area contributed by atoms with Gasteiger partial charge in [0.25, 0.3) is 5.91 Å². The smallest absolute Gasteiger partial charge is 0.254 e. The molecule has 1 heterocycles. The number of amides is 1. The van der Waals surface area contributed by atoms with Crippen molar-refractivity contribution in [3.8, 4) is 5.69 Å². The number of para-hydroxylation sites is 1. The molecule has 1 amide bonds. The fourth-order valence-corrected chi connectivity index (χ4v) is 2.54. The van der Waals surface area contributed by atoms with Gasteiger partial charge in [0.15, 0.2) is 0 Å². The van der Waals surface area contributed by atoms with Gasteiger partial charge in [-0.2, -0.15) is 0 Å². The van der Waals surface area contributed by atoms with Crippen molar-refractivity contribution in [3.05, 3.63) is 72.6 Å². The van der Waals surface area contributed by atoms with E-state index in [1.54, 1.807) is 11.0 Å². The third-order valence-corrected chi connectivity index (χ3v) is 3.94. The maximum atomic E-state index is 11.8. The van der Waals surface area contributed by atoms with Gasteiger partial charge in [0.05, 0.1) is 18.0 Å². The SMILES string of the molecule is O=C(CSc1ncn(-c2ccccc2)n1)NOCc1ccccc1. The number of benzene rings is 2. The maximum Gasteiger partial charge on any atom is 0.254 e. The minimum absolute atomic E-state index is 0.188. The highest BCUT2D eigenvalue weighted by Gasteiger charge is 2.07. The molecule has 2 aromatic carbocycles. The lowest BCUT2D eigenvalue weighted by Crippen LogP contribution is -2.25. The first kappa shape index (κ1) is 16.2. The Morgan fingerprint density at radius 2 is 1.79 bits per heavy atom. The van der Waals surface area contributed by atoms with Gasteiger partial charge in [0.1, 0.15) is 6.33 Å². The van der Waals surface area contributed by atoms with Crippen molar-refractivity contribution in [1.82, 2.24) is 20.2 Å². The summed E-state index contributed by atoms with van der Waals surface area (Å²) in [5.74, 6) is -0.0415. The summed E-state index contributed by atoms with van der Waals surface area (Å²) in [4.78, 5) is 21.1. The molecule has 1 aromatic heterocycles. The van der Waals surface area contributed by atoms with Gasteiger partial charge in [-0.05, 0) is 17.7 Å². The Balaban J connectivity index is 1.42. The van der Waals surface area contributed by atoms with E-state index in [1.807, 2.05) is 60.7 Å². The lowest BCUT2D eigenvalue weighted by Gasteiger charge is -2.05. The molecule has 3 rings (SSSR count). The highest BCUT2D eigenvalue weighted by Crippen LogP contribution is 2.13. The van der Waals surface area contributed by atoms with Crippen LogP contribution in [0.3, 0.4) is 0 Å². The third kappa shape index (κ3) is 4.68. The second-order valence-electron chi connectivity index (χ2n) is 4.90. The largest absolute Gasteiger partial charge is 0.272 e. The van der Waals surface area contributed by atoms with Gasteiger partial charge < -0.3 is 0 Å². The summed E-state index contributed by atoms with van der Waals surface area (Å²) >= 11 is 1.26. The molecule has 0 saturated heterocycles. The number of rotatable bonds is 7. The minimum atomic E-state index is -0.230. The van der Waals surface area contributed by atoms with Crippen LogP contribution in [0.2, 0.25) is 0 Å². The van der Waals surface area contributed by atoms with E-state index in [-0.39, 0.29) is 11.7 Å². The Kier molecular flexibility index (Phi) is 5.60. The zero-order chi connectivity index (χ0) is 16.6. The van der Waals surface area contributed by atoms with E-state index in [0.717, 1.165) is 11.3 Å². The predicted molar refractivity (Wildman–Crippen MR) is 91.5 cm³/mol. The molecule has 0 spiro atoms. The quantitative estimate of drug-likeness (QED) is 0.529. The summed E-state index contributed by atoms with van der Waals surface area (Å²) in [6.07, 6.45) is 1.63. The molecule has 24 heavy (non-hydrogen) atoms. The van der Waals surface area contributed by atoms with Crippen LogP contribution in [0.15, 0.2) is 72.1 Å². The number of aromatic nitrogens is 3. The second-order valence-corrected chi connectivity index (χ2v) is 5.84. The highest BCUT2D eigenvalue weighted by atomic mass is 32.2. The molecule has 0 aliphatic heterocycles. The van der Waals surface area contributed by atoms with E-state index in [4.69, 9.17) is 4.84 Å². The maximum absolute atomic E-state index is 11.8. The van der Waals surface area contributed by atoms with Crippen molar-refractivity contribution in [2.45, 2.75) is 11.8 Å². The zero-order valence-corrected chi connectivity index (χ0v) is 13.6. The number of carbonyl (C=O) groups is 1. The Morgan fingerprint density at radius 3 is 2.54 bits per heavy atom. The molecule has 0 saturated carbocycles. The summed E-state index contributed by atoms with van der Waals surface area (Å²) in [6.45, 7) is 0.331. The van der Waals surface area contributed by atoms with Gasteiger partial charge in [0.2, 0.25) is 5.16 Å². The molecule has 0 radical (unpaired) electrons. The van der Waals surface area contributed by atoms with Crippen LogP contribution in [-0.2, 0) is 16.2 Å². The molecule has 3 aromatic rings. The van der Waals surface area contributed by atoms with Crippen LogP contribution < -0.4 is 5.48 Å². The lowest BCUT2D eigenvalue weighted by atomic mass is 10.2. The third-order valence-electron chi connectivity index (χ3n) is 3.09. The van der Waals surface area contributed by atoms with Crippen molar-refractivity contribution in [1.29, 1.82) is 0 Å². The first-order valence-corrected chi connectivity index (χ1v) is 8.34. The summed E-state index contributed by atoms with van der Waals surface area (Å²) < 4.78 is 1.67. The van der Waals surface area contributed by atoms with Crippen molar-refractivity contribution in [2.75, 3.05) is 5.75 Å². The number of thioether (sulfide) groups is 1. The summed E-state index contributed by atoms with van der Waals surface area (Å²) in [5.41, 5.74) is 4.34. The highest BCUT2D eigenvalue weighted by molar-refractivity contribution is 7.99. The van der Waals surface area contributed by atoms with E-state index in [2.05, 4.69) is 15.6 Å². The van der Waals surface area contributed by atoms with Crippen LogP contribution in [0, 0.1) is 0 Å². The fourth-order valence-electron chi connectivity index (χ4n) is 1.95. The Hall–Kier alpha value is -2.64. The van der Waals surface area contributed by atoms with Gasteiger partial charge in [-0.25, -0.2) is 15.1 Å². The number of nitrogens with one attached hydrogen (secondary N) is 1. The van der Waals surface area contributed by atoms with Gasteiger partial charge in [-0.3, -0.25) is 9.63 Å². The fraction of sp³-hybridized carbons (Fsp3) is 0.118. The molecular formula is C17H16N4O2S. The molecule has 0 bridgehead atoms. The van der Waals surface area contributed by atoms with Gasteiger partial charge in [-0.1, -0.05) is 60.3 Å². The molecule has 0 unspecified atom stereocenters. The monoisotopic (exact) mass is 340 g/mol. The first-order valence-electron chi connectivity index (χ1n) is 7.36. The number of hydroxylamine groups is 1.